The molecule has 1 aromatic carbocycles. The Bertz CT molecular complexity index is 1030. The number of aliphatic hydroxyl groups is 2. The first-order chi connectivity index (χ1) is 15.7. The molecule has 4 nitrogen and oxygen atoms in total. The molecule has 5 rings (SSSR count). The first-order valence-electron chi connectivity index (χ1n) is 11.5. The highest BCUT2D eigenvalue weighted by Crippen LogP contribution is 2.54. The van der Waals surface area contributed by atoms with Crippen LogP contribution in [0.5, 0.6) is 0 Å². The molecule has 0 radical (unpaired) electrons. The summed E-state index contributed by atoms with van der Waals surface area (Å²) in [4.78, 5) is 5.07. The van der Waals surface area contributed by atoms with Crippen LogP contribution < -0.4 is 0 Å². The van der Waals surface area contributed by atoms with E-state index in [-0.39, 0.29) is 11.3 Å². The second kappa shape index (κ2) is 8.77. The molecule has 3 aliphatic rings. The van der Waals surface area contributed by atoms with Crippen LogP contribution in [0.1, 0.15) is 90.3 Å². The summed E-state index contributed by atoms with van der Waals surface area (Å²) in [5, 5.41) is 22.5. The lowest BCUT2D eigenvalue weighted by Crippen LogP contribution is -2.38. The predicted octanol–water partition coefficient (Wildman–Crippen LogP) is 5.83. The highest BCUT2D eigenvalue weighted by atomic mass is 127. The van der Waals surface area contributed by atoms with Crippen LogP contribution in [0.2, 0.25) is 0 Å². The van der Waals surface area contributed by atoms with E-state index in [0.29, 0.717) is 30.8 Å². The van der Waals surface area contributed by atoms with Crippen molar-refractivity contribution in [3.05, 3.63) is 61.5 Å². The third-order valence-electron chi connectivity index (χ3n) is 7.67. The van der Waals surface area contributed by atoms with Crippen LogP contribution in [0.3, 0.4) is 0 Å². The van der Waals surface area contributed by atoms with Gasteiger partial charge in [-0.15, -0.1) is 0 Å². The molecule has 2 heterocycles. The number of alkyl halides is 3. The second-order valence-electron chi connectivity index (χ2n) is 9.74. The number of hydrogen-bond acceptors (Lipinski definition) is 4. The van der Waals surface area contributed by atoms with Crippen molar-refractivity contribution in [2.45, 2.75) is 69.2 Å². The number of pyridine rings is 1. The summed E-state index contributed by atoms with van der Waals surface area (Å²) in [7, 11) is 0. The van der Waals surface area contributed by atoms with E-state index in [1.807, 2.05) is 0 Å². The maximum Gasteiger partial charge on any atom is 0.416 e. The molecule has 2 atom stereocenters. The molecule has 2 N–H and O–H groups in total. The largest absolute Gasteiger partial charge is 0.416 e. The number of fused-ring (bicyclic) bond motifs is 1. The van der Waals surface area contributed by atoms with Crippen LogP contribution >= 0.6 is 22.6 Å². The Morgan fingerprint density at radius 2 is 1.79 bits per heavy atom. The molecule has 33 heavy (non-hydrogen) atoms. The summed E-state index contributed by atoms with van der Waals surface area (Å²) in [5.74, 6) is 0.105. The predicted molar refractivity (Wildman–Crippen MR) is 125 cm³/mol. The Balaban J connectivity index is 1.60. The number of aliphatic hydroxyl groups excluding tert-OH is 2. The standard InChI is InChI=1S/C25H27F3INO3/c26-25(27,28)16-4-2-15(3-5-16)23(32)20-21(29)19-17(12-24(8-1-9-24)13-18(19)31)30-22(20)14-6-10-33-11-7-14/h2-5,14,18,23,31-32H,1,6-13H2/t18-,23-/m0/s1. The topological polar surface area (TPSA) is 62.6 Å². The Morgan fingerprint density at radius 3 is 2.36 bits per heavy atom. The van der Waals surface area contributed by atoms with E-state index in [9.17, 15) is 23.4 Å². The van der Waals surface area contributed by atoms with Crippen molar-refractivity contribution in [2.24, 2.45) is 5.41 Å². The highest BCUT2D eigenvalue weighted by molar-refractivity contribution is 14.1. The molecule has 2 fully saturated rings. The third kappa shape index (κ3) is 4.32. The van der Waals surface area contributed by atoms with E-state index in [1.165, 1.54) is 18.6 Å². The number of nitrogens with zero attached hydrogens (tertiary/aromatic N) is 1. The van der Waals surface area contributed by atoms with Gasteiger partial charge in [0.2, 0.25) is 0 Å². The summed E-state index contributed by atoms with van der Waals surface area (Å²) in [6.07, 6.45) is 0.278. The maximum atomic E-state index is 13.0. The summed E-state index contributed by atoms with van der Waals surface area (Å²) < 4.78 is 45.4. The van der Waals surface area contributed by atoms with Crippen LogP contribution in [-0.4, -0.2) is 28.4 Å². The molecular weight excluding hydrogens is 546 g/mol. The van der Waals surface area contributed by atoms with Crippen molar-refractivity contribution in [3.63, 3.8) is 0 Å². The fourth-order valence-corrected chi connectivity index (χ4v) is 6.93. The maximum absolute atomic E-state index is 13.0. The molecule has 178 valence electrons. The molecular formula is C25H27F3INO3. The highest BCUT2D eigenvalue weighted by Gasteiger charge is 2.45. The minimum Gasteiger partial charge on any atom is -0.388 e. The number of hydrogen-bond donors (Lipinski definition) is 2. The molecule has 2 aliphatic carbocycles. The van der Waals surface area contributed by atoms with E-state index in [1.54, 1.807) is 0 Å². The van der Waals surface area contributed by atoms with Gasteiger partial charge in [-0.05, 0) is 84.2 Å². The van der Waals surface area contributed by atoms with Gasteiger partial charge < -0.3 is 14.9 Å². The molecule has 0 amide bonds. The van der Waals surface area contributed by atoms with Crippen molar-refractivity contribution in [1.29, 1.82) is 0 Å². The van der Waals surface area contributed by atoms with Gasteiger partial charge in [-0.1, -0.05) is 18.6 Å². The Labute approximate surface area is 204 Å². The molecule has 1 saturated heterocycles. The number of aromatic nitrogens is 1. The zero-order valence-electron chi connectivity index (χ0n) is 18.2. The van der Waals surface area contributed by atoms with Crippen molar-refractivity contribution in [1.82, 2.24) is 4.98 Å². The molecule has 2 aromatic rings. The van der Waals surface area contributed by atoms with Gasteiger partial charge in [-0.3, -0.25) is 4.98 Å². The van der Waals surface area contributed by atoms with Crippen molar-refractivity contribution < 1.29 is 28.1 Å². The summed E-state index contributed by atoms with van der Waals surface area (Å²) >= 11 is 2.19. The summed E-state index contributed by atoms with van der Waals surface area (Å²) in [5.41, 5.74) is 2.89. The van der Waals surface area contributed by atoms with Crippen LogP contribution in [0, 0.1) is 8.99 Å². The minimum absolute atomic E-state index is 0.105. The number of halogens is 4. The number of ether oxygens (including phenoxy) is 1. The quantitative estimate of drug-likeness (QED) is 0.454. The van der Waals surface area contributed by atoms with Gasteiger partial charge in [0.05, 0.1) is 17.4 Å². The minimum atomic E-state index is -4.43. The molecule has 1 spiro atoms. The monoisotopic (exact) mass is 573 g/mol. The Kier molecular flexibility index (Phi) is 6.25. The first kappa shape index (κ1) is 23.5. The molecule has 1 aromatic heterocycles. The average molecular weight is 573 g/mol. The average Bonchev–Trinajstić information content (AvgIpc) is 2.77. The zero-order chi connectivity index (χ0) is 23.4. The van der Waals surface area contributed by atoms with Crippen LogP contribution in [0.25, 0.3) is 0 Å². The van der Waals surface area contributed by atoms with E-state index >= 15 is 0 Å². The molecule has 0 bridgehead atoms. The van der Waals surface area contributed by atoms with Gasteiger partial charge in [0.25, 0.3) is 0 Å². The molecule has 1 aliphatic heterocycles. The third-order valence-corrected chi connectivity index (χ3v) is 8.83. The SMILES string of the molecule is O[C@@H](c1ccc(C(F)(F)F)cc1)c1c(C2CCOCC2)nc2c(c1I)[C@@H](O)CC1(CCC1)C2. The Morgan fingerprint density at radius 1 is 1.12 bits per heavy atom. The van der Waals surface area contributed by atoms with Gasteiger partial charge >= 0.3 is 6.18 Å². The lowest BCUT2D eigenvalue weighted by atomic mass is 9.59. The molecule has 8 heteroatoms. The van der Waals surface area contributed by atoms with Crippen molar-refractivity contribution >= 4 is 22.6 Å². The number of benzene rings is 1. The molecule has 1 saturated carbocycles. The second-order valence-corrected chi connectivity index (χ2v) is 10.8. The lowest BCUT2D eigenvalue weighted by molar-refractivity contribution is -0.137. The van der Waals surface area contributed by atoms with Crippen molar-refractivity contribution in [3.8, 4) is 0 Å². The fourth-order valence-electron chi connectivity index (χ4n) is 5.68. The summed E-state index contributed by atoms with van der Waals surface area (Å²) in [6, 6.07) is 4.66. The van der Waals surface area contributed by atoms with Gasteiger partial charge in [0.15, 0.2) is 0 Å². The van der Waals surface area contributed by atoms with Crippen LogP contribution in [0.15, 0.2) is 24.3 Å². The zero-order valence-corrected chi connectivity index (χ0v) is 20.3. The summed E-state index contributed by atoms with van der Waals surface area (Å²) in [6.45, 7) is 1.23. The smallest absolute Gasteiger partial charge is 0.388 e. The van der Waals surface area contributed by atoms with Gasteiger partial charge in [0, 0.05) is 39.5 Å². The van der Waals surface area contributed by atoms with E-state index in [4.69, 9.17) is 9.72 Å². The lowest BCUT2D eigenvalue weighted by Gasteiger charge is -2.47. The van der Waals surface area contributed by atoms with Crippen LogP contribution in [-0.2, 0) is 17.3 Å². The van der Waals surface area contributed by atoms with Gasteiger partial charge in [0.1, 0.15) is 6.10 Å². The normalized spacial score (nSPS) is 23.8. The fraction of sp³-hybridized carbons (Fsp3) is 0.560. The first-order valence-corrected chi connectivity index (χ1v) is 12.6. The van der Waals surface area contributed by atoms with Gasteiger partial charge in [-0.2, -0.15) is 13.2 Å². The molecule has 0 unspecified atom stereocenters. The van der Waals surface area contributed by atoms with E-state index < -0.39 is 23.9 Å². The van der Waals surface area contributed by atoms with Crippen molar-refractivity contribution in [2.75, 3.05) is 13.2 Å². The number of rotatable bonds is 3. The van der Waals surface area contributed by atoms with Gasteiger partial charge in [-0.25, -0.2) is 0 Å². The Hall–Kier alpha value is -1.23. The van der Waals surface area contributed by atoms with E-state index in [0.717, 1.165) is 64.8 Å². The van der Waals surface area contributed by atoms with Crippen LogP contribution in [0.4, 0.5) is 13.2 Å². The van der Waals surface area contributed by atoms with E-state index in [2.05, 4.69) is 22.6 Å².